The summed E-state index contributed by atoms with van der Waals surface area (Å²) in [6.45, 7) is 4.09. The van der Waals surface area contributed by atoms with Crippen LogP contribution in [0.1, 0.15) is 26.7 Å². The Morgan fingerprint density at radius 3 is 2.65 bits per heavy atom. The molecule has 0 radical (unpaired) electrons. The molecule has 7 heteroatoms. The molecule has 0 atom stereocenters. The molecule has 0 bridgehead atoms. The average molecular weight is 259 g/mol. The van der Waals surface area contributed by atoms with E-state index in [0.717, 1.165) is 6.42 Å². The Kier molecular flexibility index (Phi) is 4.68. The van der Waals surface area contributed by atoms with Gasteiger partial charge in [-0.25, -0.2) is 13.4 Å². The molecule has 1 aromatic rings. The predicted octanol–water partition coefficient (Wildman–Crippen LogP) is 1.03. The van der Waals surface area contributed by atoms with E-state index in [1.807, 2.05) is 6.92 Å². The Morgan fingerprint density at radius 2 is 2.06 bits per heavy atom. The molecule has 0 aliphatic carbocycles. The van der Waals surface area contributed by atoms with Gasteiger partial charge in [0.1, 0.15) is 5.82 Å². The zero-order chi connectivity index (χ0) is 12.9. The number of aromatic nitrogens is 2. The van der Waals surface area contributed by atoms with Gasteiger partial charge in [-0.3, -0.25) is 0 Å². The Bertz CT molecular complexity index is 474. The van der Waals surface area contributed by atoms with Gasteiger partial charge in [-0.1, -0.05) is 13.3 Å². The van der Waals surface area contributed by atoms with Gasteiger partial charge in [0.15, 0.2) is 0 Å². The van der Waals surface area contributed by atoms with Crippen molar-refractivity contribution in [3.63, 3.8) is 0 Å². The Labute approximate surface area is 101 Å². The Balaban J connectivity index is 3.04. The summed E-state index contributed by atoms with van der Waals surface area (Å²) >= 11 is 0. The van der Waals surface area contributed by atoms with Crippen molar-refractivity contribution in [2.75, 3.05) is 18.1 Å². The predicted molar refractivity (Wildman–Crippen MR) is 64.6 cm³/mol. The number of ether oxygens (including phenoxy) is 1. The molecule has 0 fully saturated rings. The summed E-state index contributed by atoms with van der Waals surface area (Å²) in [5.74, 6) is 0.312. The quantitative estimate of drug-likeness (QED) is 0.767. The number of hydrogen-bond acceptors (Lipinski definition) is 6. The van der Waals surface area contributed by atoms with E-state index in [-0.39, 0.29) is 22.6 Å². The molecule has 1 aromatic heterocycles. The maximum atomic E-state index is 11.9. The van der Waals surface area contributed by atoms with Crippen LogP contribution in [0.3, 0.4) is 0 Å². The molecule has 0 saturated carbocycles. The van der Waals surface area contributed by atoms with Crippen LogP contribution >= 0.6 is 0 Å². The second-order valence-corrected chi connectivity index (χ2v) is 5.52. The summed E-state index contributed by atoms with van der Waals surface area (Å²) in [6, 6.07) is 1.41. The van der Waals surface area contributed by atoms with Crippen LogP contribution in [0.5, 0.6) is 5.88 Å². The third kappa shape index (κ3) is 3.85. The van der Waals surface area contributed by atoms with Crippen LogP contribution < -0.4 is 10.5 Å². The van der Waals surface area contributed by atoms with Crippen LogP contribution in [0.4, 0.5) is 5.82 Å². The lowest BCUT2D eigenvalue weighted by molar-refractivity contribution is 0.323. The molecule has 1 heterocycles. The molecular formula is C10H17N3O3S. The minimum Gasteiger partial charge on any atom is -0.478 e. The molecule has 1 rings (SSSR count). The first-order valence-electron chi connectivity index (χ1n) is 5.49. The number of nitrogens with two attached hydrogens (primary N) is 1. The molecule has 0 amide bonds. The topological polar surface area (TPSA) is 95.2 Å². The van der Waals surface area contributed by atoms with E-state index in [1.165, 1.54) is 6.07 Å². The standard InChI is InChI=1S/C10H17N3O3S/c1-3-5-6-17(14,15)10-12-8(11)7-9(13-10)16-4-2/h7H,3-6H2,1-2H3,(H2,11,12,13). The number of nitrogen functional groups attached to an aromatic ring is 1. The first-order valence-corrected chi connectivity index (χ1v) is 7.15. The summed E-state index contributed by atoms with van der Waals surface area (Å²) in [6.07, 6.45) is 1.37. The lowest BCUT2D eigenvalue weighted by Crippen LogP contribution is -2.13. The Morgan fingerprint density at radius 1 is 1.35 bits per heavy atom. The van der Waals surface area contributed by atoms with E-state index in [9.17, 15) is 8.42 Å². The highest BCUT2D eigenvalue weighted by Gasteiger charge is 2.19. The van der Waals surface area contributed by atoms with Gasteiger partial charge in [-0.2, -0.15) is 4.98 Å². The molecule has 96 valence electrons. The smallest absolute Gasteiger partial charge is 0.252 e. The molecule has 0 spiro atoms. The van der Waals surface area contributed by atoms with Crippen LogP contribution in [0.15, 0.2) is 11.2 Å². The third-order valence-corrected chi connectivity index (χ3v) is 3.60. The van der Waals surface area contributed by atoms with Gasteiger partial charge < -0.3 is 10.5 Å². The van der Waals surface area contributed by atoms with Crippen molar-refractivity contribution < 1.29 is 13.2 Å². The van der Waals surface area contributed by atoms with E-state index in [0.29, 0.717) is 13.0 Å². The number of hydrogen-bond donors (Lipinski definition) is 1. The van der Waals surface area contributed by atoms with E-state index >= 15 is 0 Å². The van der Waals surface area contributed by atoms with Gasteiger partial charge in [0.05, 0.1) is 12.4 Å². The molecule has 0 saturated heterocycles. The first kappa shape index (κ1) is 13.7. The molecule has 0 unspecified atom stereocenters. The highest BCUT2D eigenvalue weighted by Crippen LogP contribution is 2.15. The molecule has 0 aliphatic heterocycles. The van der Waals surface area contributed by atoms with Crippen molar-refractivity contribution in [3.8, 4) is 5.88 Å². The van der Waals surface area contributed by atoms with Gasteiger partial charge in [-0.05, 0) is 13.3 Å². The van der Waals surface area contributed by atoms with E-state index in [1.54, 1.807) is 6.92 Å². The van der Waals surface area contributed by atoms with Crippen molar-refractivity contribution in [3.05, 3.63) is 6.07 Å². The average Bonchev–Trinajstić information content (AvgIpc) is 2.26. The third-order valence-electron chi connectivity index (χ3n) is 2.04. The van der Waals surface area contributed by atoms with Crippen LogP contribution in [-0.4, -0.2) is 30.7 Å². The van der Waals surface area contributed by atoms with E-state index in [4.69, 9.17) is 10.5 Å². The van der Waals surface area contributed by atoms with Crippen molar-refractivity contribution >= 4 is 15.7 Å². The number of sulfone groups is 1. The van der Waals surface area contributed by atoms with Crippen LogP contribution in [0.25, 0.3) is 0 Å². The van der Waals surface area contributed by atoms with Crippen LogP contribution in [-0.2, 0) is 9.84 Å². The van der Waals surface area contributed by atoms with Crippen molar-refractivity contribution in [1.29, 1.82) is 0 Å². The zero-order valence-electron chi connectivity index (χ0n) is 10.0. The summed E-state index contributed by atoms with van der Waals surface area (Å²) in [5, 5.41) is -0.255. The SMILES string of the molecule is CCCCS(=O)(=O)c1nc(N)cc(OCC)n1. The lowest BCUT2D eigenvalue weighted by atomic mass is 10.4. The summed E-state index contributed by atoms with van der Waals surface area (Å²) < 4.78 is 28.9. The van der Waals surface area contributed by atoms with E-state index < -0.39 is 9.84 Å². The van der Waals surface area contributed by atoms with Gasteiger partial charge >= 0.3 is 0 Å². The number of unbranched alkanes of at least 4 members (excludes halogenated alkanes) is 1. The van der Waals surface area contributed by atoms with Crippen LogP contribution in [0.2, 0.25) is 0 Å². The summed E-state index contributed by atoms with van der Waals surface area (Å²) in [7, 11) is -3.47. The number of anilines is 1. The highest BCUT2D eigenvalue weighted by molar-refractivity contribution is 7.91. The normalized spacial score (nSPS) is 11.4. The summed E-state index contributed by atoms with van der Waals surface area (Å²) in [4.78, 5) is 7.59. The minimum absolute atomic E-state index is 0.0263. The van der Waals surface area contributed by atoms with Crippen molar-refractivity contribution in [2.24, 2.45) is 0 Å². The fourth-order valence-corrected chi connectivity index (χ4v) is 2.53. The number of nitrogens with zero attached hydrogens (tertiary/aromatic N) is 2. The molecular weight excluding hydrogens is 242 g/mol. The minimum atomic E-state index is -3.47. The fourth-order valence-electron chi connectivity index (χ4n) is 1.21. The van der Waals surface area contributed by atoms with Gasteiger partial charge in [-0.15, -0.1) is 0 Å². The summed E-state index contributed by atoms with van der Waals surface area (Å²) in [5.41, 5.74) is 5.52. The van der Waals surface area contributed by atoms with Crippen molar-refractivity contribution in [1.82, 2.24) is 9.97 Å². The maximum Gasteiger partial charge on any atom is 0.252 e. The van der Waals surface area contributed by atoms with Crippen molar-refractivity contribution in [2.45, 2.75) is 31.8 Å². The molecule has 0 aliphatic rings. The largest absolute Gasteiger partial charge is 0.478 e. The van der Waals surface area contributed by atoms with Gasteiger partial charge in [0, 0.05) is 6.07 Å². The first-order chi connectivity index (χ1) is 7.99. The second kappa shape index (κ2) is 5.81. The monoisotopic (exact) mass is 259 g/mol. The second-order valence-electron chi connectivity index (χ2n) is 3.52. The van der Waals surface area contributed by atoms with Crippen LogP contribution in [0, 0.1) is 0 Å². The number of rotatable bonds is 6. The zero-order valence-corrected chi connectivity index (χ0v) is 10.8. The molecule has 2 N–H and O–H groups in total. The fraction of sp³-hybridized carbons (Fsp3) is 0.600. The maximum absolute atomic E-state index is 11.9. The molecule has 6 nitrogen and oxygen atoms in total. The van der Waals surface area contributed by atoms with Gasteiger partial charge in [0.2, 0.25) is 15.7 Å². The Hall–Kier alpha value is -1.37. The molecule has 17 heavy (non-hydrogen) atoms. The molecule has 0 aromatic carbocycles. The van der Waals surface area contributed by atoms with E-state index in [2.05, 4.69) is 9.97 Å². The lowest BCUT2D eigenvalue weighted by Gasteiger charge is -2.06. The van der Waals surface area contributed by atoms with Gasteiger partial charge in [0.25, 0.3) is 5.16 Å². The highest BCUT2D eigenvalue weighted by atomic mass is 32.2.